The highest BCUT2D eigenvalue weighted by molar-refractivity contribution is 5.98. The van der Waals surface area contributed by atoms with Gasteiger partial charge in [0, 0.05) is 5.56 Å². The second-order valence-corrected chi connectivity index (χ2v) is 4.73. The van der Waals surface area contributed by atoms with Gasteiger partial charge in [-0.3, -0.25) is 9.28 Å². The fourth-order valence-electron chi connectivity index (χ4n) is 2.04. The molecule has 0 heterocycles. The molecule has 2 heteroatoms. The maximum absolute atomic E-state index is 12.3. The zero-order valence-electron chi connectivity index (χ0n) is 11.1. The third kappa shape index (κ3) is 2.98. The maximum Gasteiger partial charge on any atom is 0.217 e. The van der Waals surface area contributed by atoms with E-state index in [0.717, 1.165) is 11.3 Å². The molecule has 0 aliphatic carbocycles. The fourth-order valence-corrected chi connectivity index (χ4v) is 2.04. The topological polar surface area (TPSA) is 17.1 Å². The summed E-state index contributed by atoms with van der Waals surface area (Å²) < 4.78 is 0.397. The van der Waals surface area contributed by atoms with Crippen molar-refractivity contribution in [3.8, 4) is 0 Å². The first kappa shape index (κ1) is 13.2. The summed E-state index contributed by atoms with van der Waals surface area (Å²) in [5.41, 5.74) is 1.80. The van der Waals surface area contributed by atoms with Gasteiger partial charge in [-0.25, -0.2) is 0 Å². The number of carbonyl (C=O) groups excluding carboxylic acids is 1. The minimum atomic E-state index is 0.117. The highest BCUT2D eigenvalue weighted by Gasteiger charge is 2.25. The van der Waals surface area contributed by atoms with Gasteiger partial charge in [0.2, 0.25) is 5.78 Å². The molecule has 2 aromatic rings. The van der Waals surface area contributed by atoms with Crippen molar-refractivity contribution < 1.29 is 4.79 Å². The monoisotopic (exact) mass is 252 g/mol. The number of likely N-dealkylation sites (N-methyl/N-ethyl adjacent to an activating group) is 1. The highest BCUT2D eigenvalue weighted by Crippen LogP contribution is 2.21. The van der Waals surface area contributed by atoms with E-state index in [2.05, 4.69) is 6.58 Å². The van der Waals surface area contributed by atoms with Crippen LogP contribution in [0, 0.1) is 0 Å². The summed E-state index contributed by atoms with van der Waals surface area (Å²) in [7, 11) is 1.99. The summed E-state index contributed by atoms with van der Waals surface area (Å²) in [6, 6.07) is 19.3. The lowest BCUT2D eigenvalue weighted by Crippen LogP contribution is -2.43. The second kappa shape index (κ2) is 5.63. The summed E-state index contributed by atoms with van der Waals surface area (Å²) in [4.78, 5) is 12.3. The van der Waals surface area contributed by atoms with E-state index in [-0.39, 0.29) is 5.78 Å². The summed E-state index contributed by atoms with van der Waals surface area (Å²) in [6.45, 7) is 4.25. The zero-order chi connectivity index (χ0) is 13.7. The number of para-hydroxylation sites is 1. The van der Waals surface area contributed by atoms with Gasteiger partial charge < -0.3 is 0 Å². The SMILES string of the molecule is C=C[N+](C)(CC(=O)c1ccccc1)c1ccccc1. The van der Waals surface area contributed by atoms with Gasteiger partial charge in [0.15, 0.2) is 6.54 Å². The zero-order valence-corrected chi connectivity index (χ0v) is 11.1. The molecule has 1 atom stereocenters. The summed E-state index contributed by atoms with van der Waals surface area (Å²) in [5, 5.41) is 0. The lowest BCUT2D eigenvalue weighted by atomic mass is 10.1. The van der Waals surface area contributed by atoms with Crippen molar-refractivity contribution in [3.05, 3.63) is 79.0 Å². The van der Waals surface area contributed by atoms with Crippen molar-refractivity contribution in [1.82, 2.24) is 4.48 Å². The number of rotatable bonds is 5. The van der Waals surface area contributed by atoms with E-state index in [4.69, 9.17) is 0 Å². The smallest absolute Gasteiger partial charge is 0.217 e. The van der Waals surface area contributed by atoms with E-state index in [1.54, 1.807) is 6.20 Å². The molecule has 0 saturated heterocycles. The molecule has 0 bridgehead atoms. The first-order valence-electron chi connectivity index (χ1n) is 6.28. The number of hydrogen-bond donors (Lipinski definition) is 0. The molecule has 0 aliphatic heterocycles. The largest absolute Gasteiger partial charge is 0.288 e. The van der Waals surface area contributed by atoms with Crippen LogP contribution in [0.4, 0.5) is 5.69 Å². The van der Waals surface area contributed by atoms with E-state index in [1.165, 1.54) is 0 Å². The molecule has 0 amide bonds. The predicted molar refractivity (Wildman–Crippen MR) is 80.0 cm³/mol. The Hall–Kier alpha value is -2.19. The molecule has 2 nitrogen and oxygen atoms in total. The van der Waals surface area contributed by atoms with Gasteiger partial charge in [-0.05, 0) is 18.7 Å². The van der Waals surface area contributed by atoms with Crippen LogP contribution >= 0.6 is 0 Å². The Morgan fingerprint density at radius 3 is 2.11 bits per heavy atom. The Labute approximate surface area is 114 Å². The van der Waals surface area contributed by atoms with E-state index in [0.29, 0.717) is 11.0 Å². The molecule has 1 unspecified atom stereocenters. The van der Waals surface area contributed by atoms with Crippen LogP contribution in [-0.4, -0.2) is 19.4 Å². The lowest BCUT2D eigenvalue weighted by Gasteiger charge is -2.28. The Bertz CT molecular complexity index is 562. The normalized spacial score (nSPS) is 13.5. The predicted octanol–water partition coefficient (Wildman–Crippen LogP) is 3.65. The Kier molecular flexibility index (Phi) is 3.93. The van der Waals surface area contributed by atoms with E-state index in [1.807, 2.05) is 67.7 Å². The Morgan fingerprint density at radius 1 is 1.05 bits per heavy atom. The van der Waals surface area contributed by atoms with Gasteiger partial charge in [0.05, 0.1) is 13.2 Å². The van der Waals surface area contributed by atoms with Crippen LogP contribution in [-0.2, 0) is 0 Å². The standard InChI is InChI=1S/C17H18NO/c1-3-18(2,16-12-8-5-9-13-16)14-17(19)15-10-6-4-7-11-15/h3-13H,1,14H2,2H3/q+1. The van der Waals surface area contributed by atoms with Crippen LogP contribution in [0.5, 0.6) is 0 Å². The molecule has 0 N–H and O–H groups in total. The third-order valence-electron chi connectivity index (χ3n) is 3.32. The molecule has 0 spiro atoms. The van der Waals surface area contributed by atoms with Crippen LogP contribution in [0.3, 0.4) is 0 Å². The Morgan fingerprint density at radius 2 is 1.58 bits per heavy atom. The number of nitrogens with zero attached hydrogens (tertiary/aromatic N) is 1. The molecule has 19 heavy (non-hydrogen) atoms. The van der Waals surface area contributed by atoms with Crippen LogP contribution in [0.1, 0.15) is 10.4 Å². The first-order chi connectivity index (χ1) is 9.15. The second-order valence-electron chi connectivity index (χ2n) is 4.73. The maximum atomic E-state index is 12.3. The van der Waals surface area contributed by atoms with Gasteiger partial charge in [0.25, 0.3) is 0 Å². The van der Waals surface area contributed by atoms with Gasteiger partial charge in [-0.1, -0.05) is 48.5 Å². The molecule has 2 rings (SSSR count). The van der Waals surface area contributed by atoms with Crippen molar-refractivity contribution in [1.29, 1.82) is 0 Å². The van der Waals surface area contributed by atoms with Crippen molar-refractivity contribution in [3.63, 3.8) is 0 Å². The molecule has 0 saturated carbocycles. The summed E-state index contributed by atoms with van der Waals surface area (Å²) >= 11 is 0. The van der Waals surface area contributed by atoms with Crippen LogP contribution in [0.2, 0.25) is 0 Å². The summed E-state index contributed by atoms with van der Waals surface area (Å²) in [5.74, 6) is 0.117. The van der Waals surface area contributed by atoms with Crippen molar-refractivity contribution >= 4 is 11.5 Å². The lowest BCUT2D eigenvalue weighted by molar-refractivity contribution is 0.0966. The van der Waals surface area contributed by atoms with E-state index >= 15 is 0 Å². The minimum Gasteiger partial charge on any atom is -0.288 e. The number of quaternary nitrogens is 1. The number of carbonyl (C=O) groups is 1. The van der Waals surface area contributed by atoms with Gasteiger partial charge in [0.1, 0.15) is 5.69 Å². The molecule has 2 aromatic carbocycles. The van der Waals surface area contributed by atoms with Crippen molar-refractivity contribution in [2.45, 2.75) is 0 Å². The van der Waals surface area contributed by atoms with E-state index < -0.39 is 0 Å². The van der Waals surface area contributed by atoms with E-state index in [9.17, 15) is 4.79 Å². The average Bonchev–Trinajstić information content (AvgIpc) is 2.49. The van der Waals surface area contributed by atoms with Crippen molar-refractivity contribution in [2.24, 2.45) is 0 Å². The van der Waals surface area contributed by atoms with Crippen molar-refractivity contribution in [2.75, 3.05) is 13.6 Å². The number of Topliss-reactive ketones (excluding diaryl/α,β-unsaturated/α-hetero) is 1. The minimum absolute atomic E-state index is 0.117. The van der Waals surface area contributed by atoms with Crippen LogP contribution < -0.4 is 4.48 Å². The van der Waals surface area contributed by atoms with Gasteiger partial charge in [-0.2, -0.15) is 0 Å². The number of ketones is 1. The van der Waals surface area contributed by atoms with Gasteiger partial charge in [-0.15, -0.1) is 0 Å². The first-order valence-corrected chi connectivity index (χ1v) is 6.28. The molecule has 0 fully saturated rings. The fraction of sp³-hybridized carbons (Fsp3) is 0.118. The number of benzene rings is 2. The number of hydrogen-bond acceptors (Lipinski definition) is 1. The Balaban J connectivity index is 2.25. The molecular formula is C17H18NO+. The molecule has 0 aliphatic rings. The summed E-state index contributed by atoms with van der Waals surface area (Å²) in [6.07, 6.45) is 1.80. The van der Waals surface area contributed by atoms with Crippen LogP contribution in [0.15, 0.2) is 73.4 Å². The average molecular weight is 252 g/mol. The van der Waals surface area contributed by atoms with Gasteiger partial charge >= 0.3 is 0 Å². The quantitative estimate of drug-likeness (QED) is 0.586. The third-order valence-corrected chi connectivity index (χ3v) is 3.32. The molecule has 0 radical (unpaired) electrons. The molecule has 0 aromatic heterocycles. The molecular weight excluding hydrogens is 234 g/mol. The highest BCUT2D eigenvalue weighted by atomic mass is 16.1. The molecule has 96 valence electrons. The van der Waals surface area contributed by atoms with Crippen LogP contribution in [0.25, 0.3) is 0 Å².